The van der Waals surface area contributed by atoms with Crippen molar-refractivity contribution in [2.45, 2.75) is 6.92 Å². The highest BCUT2D eigenvalue weighted by atomic mass is 19.1. The van der Waals surface area contributed by atoms with Crippen LogP contribution in [0.5, 0.6) is 0 Å². The Balaban J connectivity index is 1.94. The number of aryl methyl sites for hydroxylation is 1. The first-order valence-corrected chi connectivity index (χ1v) is 7.85. The van der Waals surface area contributed by atoms with Gasteiger partial charge in [0, 0.05) is 22.7 Å². The van der Waals surface area contributed by atoms with Crippen molar-refractivity contribution < 1.29 is 4.39 Å². The second-order valence-electron chi connectivity index (χ2n) is 5.85. The van der Waals surface area contributed by atoms with Gasteiger partial charge >= 0.3 is 0 Å². The number of rotatable bonds is 2. The lowest BCUT2D eigenvalue weighted by molar-refractivity contribution is 0.627. The number of fused-ring (bicyclic) bond motifs is 1. The molecule has 0 aliphatic rings. The average Bonchev–Trinajstić information content (AvgIpc) is 2.62. The van der Waals surface area contributed by atoms with Crippen LogP contribution in [0.15, 0.2) is 61.1 Å². The fourth-order valence-electron chi connectivity index (χ4n) is 2.99. The van der Waals surface area contributed by atoms with E-state index >= 15 is 0 Å². The van der Waals surface area contributed by atoms with Crippen LogP contribution in [0.4, 0.5) is 10.2 Å². The molecule has 2 aromatic heterocycles. The zero-order chi connectivity index (χ0) is 17.4. The molecule has 5 heteroatoms. The third-order valence-electron chi connectivity index (χ3n) is 4.23. The Labute approximate surface area is 144 Å². The number of pyridine rings is 1. The topological polar surface area (TPSA) is 64.7 Å². The highest BCUT2D eigenvalue weighted by Gasteiger charge is 2.12. The Bertz CT molecular complexity index is 1090. The number of anilines is 1. The first kappa shape index (κ1) is 15.2. The van der Waals surface area contributed by atoms with Crippen LogP contribution in [0.2, 0.25) is 0 Å². The molecule has 4 rings (SSSR count). The maximum Gasteiger partial charge on any atom is 0.134 e. The van der Waals surface area contributed by atoms with Crippen LogP contribution in [-0.2, 0) is 0 Å². The van der Waals surface area contributed by atoms with E-state index in [1.807, 2.05) is 37.3 Å². The van der Waals surface area contributed by atoms with E-state index in [4.69, 9.17) is 5.73 Å². The molecular formula is C20H15FN4. The Morgan fingerprint density at radius 1 is 0.920 bits per heavy atom. The number of aromatic nitrogens is 3. The average molecular weight is 330 g/mol. The number of halogens is 1. The molecule has 0 amide bonds. The zero-order valence-corrected chi connectivity index (χ0v) is 13.6. The summed E-state index contributed by atoms with van der Waals surface area (Å²) in [5.41, 5.74) is 11.2. The van der Waals surface area contributed by atoms with Gasteiger partial charge in [-0.1, -0.05) is 12.1 Å². The van der Waals surface area contributed by atoms with Crippen molar-refractivity contribution in [2.24, 2.45) is 0 Å². The van der Waals surface area contributed by atoms with E-state index in [1.165, 1.54) is 18.5 Å². The molecule has 0 aliphatic heterocycles. The van der Waals surface area contributed by atoms with Crippen molar-refractivity contribution in [2.75, 3.05) is 5.73 Å². The molecule has 2 aromatic carbocycles. The summed E-state index contributed by atoms with van der Waals surface area (Å²) in [4.78, 5) is 12.8. The second-order valence-corrected chi connectivity index (χ2v) is 5.85. The molecular weight excluding hydrogens is 315 g/mol. The lowest BCUT2D eigenvalue weighted by Gasteiger charge is -2.12. The summed E-state index contributed by atoms with van der Waals surface area (Å²) >= 11 is 0. The van der Waals surface area contributed by atoms with E-state index in [0.717, 1.165) is 38.9 Å². The molecule has 0 spiro atoms. The third kappa shape index (κ3) is 2.70. The standard InChI is InChI=1S/C20H15FN4/c1-12-9-14(21)5-6-15(12)19-16(3-2-8-23-19)13-4-7-18-17(10-13)20(22)25-11-24-18/h2-11H,1H3,(H2,22,24,25). The Kier molecular flexibility index (Phi) is 3.61. The molecule has 4 aromatic rings. The number of nitrogen functional groups attached to an aromatic ring is 1. The largest absolute Gasteiger partial charge is 0.383 e. The summed E-state index contributed by atoms with van der Waals surface area (Å²) in [6.45, 7) is 1.88. The van der Waals surface area contributed by atoms with Crippen LogP contribution >= 0.6 is 0 Å². The van der Waals surface area contributed by atoms with Crippen molar-refractivity contribution >= 4 is 16.7 Å². The van der Waals surface area contributed by atoms with Crippen LogP contribution in [0, 0.1) is 12.7 Å². The molecule has 0 saturated heterocycles. The van der Waals surface area contributed by atoms with E-state index in [0.29, 0.717) is 5.82 Å². The van der Waals surface area contributed by atoms with Gasteiger partial charge < -0.3 is 5.73 Å². The van der Waals surface area contributed by atoms with Gasteiger partial charge in [0.2, 0.25) is 0 Å². The fourth-order valence-corrected chi connectivity index (χ4v) is 2.99. The molecule has 0 unspecified atom stereocenters. The summed E-state index contributed by atoms with van der Waals surface area (Å²) < 4.78 is 13.5. The van der Waals surface area contributed by atoms with Gasteiger partial charge in [-0.25, -0.2) is 14.4 Å². The predicted octanol–water partition coefficient (Wildman–Crippen LogP) is 4.39. The van der Waals surface area contributed by atoms with Crippen LogP contribution in [-0.4, -0.2) is 15.0 Å². The van der Waals surface area contributed by atoms with E-state index in [-0.39, 0.29) is 5.82 Å². The zero-order valence-electron chi connectivity index (χ0n) is 13.6. The number of nitrogens with two attached hydrogens (primary N) is 1. The first-order chi connectivity index (χ1) is 12.1. The van der Waals surface area contributed by atoms with E-state index < -0.39 is 0 Å². The van der Waals surface area contributed by atoms with E-state index in [2.05, 4.69) is 15.0 Å². The number of hydrogen-bond acceptors (Lipinski definition) is 4. The van der Waals surface area contributed by atoms with Crippen molar-refractivity contribution in [3.8, 4) is 22.4 Å². The maximum atomic E-state index is 13.5. The SMILES string of the molecule is Cc1cc(F)ccc1-c1ncccc1-c1ccc2ncnc(N)c2c1. The van der Waals surface area contributed by atoms with Crippen LogP contribution in [0.1, 0.15) is 5.56 Å². The summed E-state index contributed by atoms with van der Waals surface area (Å²) in [6, 6.07) is 14.5. The summed E-state index contributed by atoms with van der Waals surface area (Å²) in [5, 5.41) is 0.797. The number of benzene rings is 2. The van der Waals surface area contributed by atoms with Gasteiger partial charge in [-0.3, -0.25) is 4.98 Å². The van der Waals surface area contributed by atoms with Crippen molar-refractivity contribution in [1.29, 1.82) is 0 Å². The highest BCUT2D eigenvalue weighted by Crippen LogP contribution is 2.34. The molecule has 0 bridgehead atoms. The summed E-state index contributed by atoms with van der Waals surface area (Å²) in [6.07, 6.45) is 3.19. The molecule has 122 valence electrons. The third-order valence-corrected chi connectivity index (χ3v) is 4.23. The van der Waals surface area contributed by atoms with Gasteiger partial charge in [-0.05, 0) is 54.4 Å². The highest BCUT2D eigenvalue weighted by molar-refractivity contribution is 5.93. The summed E-state index contributed by atoms with van der Waals surface area (Å²) in [5.74, 6) is 0.185. The van der Waals surface area contributed by atoms with E-state index in [9.17, 15) is 4.39 Å². The van der Waals surface area contributed by atoms with Crippen LogP contribution in [0.3, 0.4) is 0 Å². The van der Waals surface area contributed by atoms with E-state index in [1.54, 1.807) is 12.3 Å². The Morgan fingerprint density at radius 2 is 1.80 bits per heavy atom. The smallest absolute Gasteiger partial charge is 0.134 e. The quantitative estimate of drug-likeness (QED) is 0.592. The predicted molar refractivity (Wildman–Crippen MR) is 97.3 cm³/mol. The van der Waals surface area contributed by atoms with Crippen molar-refractivity contribution in [3.05, 3.63) is 72.4 Å². The minimum atomic E-state index is -0.255. The fraction of sp³-hybridized carbons (Fsp3) is 0.0500. The minimum Gasteiger partial charge on any atom is -0.383 e. The normalized spacial score (nSPS) is 11.0. The van der Waals surface area contributed by atoms with Crippen molar-refractivity contribution in [3.63, 3.8) is 0 Å². The molecule has 0 radical (unpaired) electrons. The molecule has 0 aliphatic carbocycles. The van der Waals surface area contributed by atoms with Crippen LogP contribution < -0.4 is 5.73 Å². The van der Waals surface area contributed by atoms with Gasteiger partial charge in [0.15, 0.2) is 0 Å². The lowest BCUT2D eigenvalue weighted by atomic mass is 9.96. The number of nitrogens with zero attached hydrogens (tertiary/aromatic N) is 3. The molecule has 2 heterocycles. The maximum absolute atomic E-state index is 13.5. The number of hydrogen-bond donors (Lipinski definition) is 1. The molecule has 25 heavy (non-hydrogen) atoms. The van der Waals surface area contributed by atoms with Gasteiger partial charge in [-0.2, -0.15) is 0 Å². The molecule has 0 saturated carbocycles. The van der Waals surface area contributed by atoms with Gasteiger partial charge in [-0.15, -0.1) is 0 Å². The van der Waals surface area contributed by atoms with Gasteiger partial charge in [0.05, 0.1) is 11.2 Å². The minimum absolute atomic E-state index is 0.255. The molecule has 0 atom stereocenters. The van der Waals surface area contributed by atoms with Gasteiger partial charge in [0.1, 0.15) is 18.0 Å². The van der Waals surface area contributed by atoms with Gasteiger partial charge in [0.25, 0.3) is 0 Å². The van der Waals surface area contributed by atoms with Crippen LogP contribution in [0.25, 0.3) is 33.3 Å². The molecule has 0 fully saturated rings. The molecule has 4 nitrogen and oxygen atoms in total. The first-order valence-electron chi connectivity index (χ1n) is 7.85. The molecule has 2 N–H and O–H groups in total. The second kappa shape index (κ2) is 5.94. The van der Waals surface area contributed by atoms with Crippen molar-refractivity contribution in [1.82, 2.24) is 15.0 Å². The Morgan fingerprint density at radius 3 is 2.64 bits per heavy atom. The Hall–Kier alpha value is -3.34. The monoisotopic (exact) mass is 330 g/mol. The lowest BCUT2D eigenvalue weighted by Crippen LogP contribution is -1.95. The summed E-state index contributed by atoms with van der Waals surface area (Å²) in [7, 11) is 0.